The maximum Gasteiger partial charge on any atom is 0.315 e. The predicted molar refractivity (Wildman–Crippen MR) is 92.1 cm³/mol. The highest BCUT2D eigenvalue weighted by Gasteiger charge is 2.22. The lowest BCUT2D eigenvalue weighted by Crippen LogP contribution is -2.52. The van der Waals surface area contributed by atoms with Crippen molar-refractivity contribution in [1.29, 1.82) is 0 Å². The summed E-state index contributed by atoms with van der Waals surface area (Å²) in [6, 6.07) is 0.115. The molecule has 2 rings (SSSR count). The number of nitrogens with one attached hydrogen (secondary N) is 2. The molecular formula is C17H30N4O3. The summed E-state index contributed by atoms with van der Waals surface area (Å²) in [5.74, 6) is 0.822. The van der Waals surface area contributed by atoms with E-state index in [1.54, 1.807) is 7.11 Å². The van der Waals surface area contributed by atoms with Gasteiger partial charge in [0.25, 0.3) is 0 Å². The Morgan fingerprint density at radius 3 is 2.96 bits per heavy atom. The molecule has 2 atom stereocenters. The predicted octanol–water partition coefficient (Wildman–Crippen LogP) is 1.63. The number of likely N-dealkylation sites (tertiary alicyclic amines) is 1. The normalized spacial score (nSPS) is 19.9. The molecule has 136 valence electrons. The minimum atomic E-state index is -0.104. The van der Waals surface area contributed by atoms with E-state index in [1.165, 1.54) is 0 Å². The van der Waals surface area contributed by atoms with E-state index in [2.05, 4.69) is 20.7 Å². The highest BCUT2D eigenvalue weighted by Crippen LogP contribution is 2.14. The van der Waals surface area contributed by atoms with E-state index >= 15 is 0 Å². The van der Waals surface area contributed by atoms with E-state index in [0.29, 0.717) is 0 Å². The maximum absolute atomic E-state index is 12.2. The van der Waals surface area contributed by atoms with Gasteiger partial charge >= 0.3 is 6.03 Å². The van der Waals surface area contributed by atoms with Crippen molar-refractivity contribution in [2.24, 2.45) is 0 Å². The van der Waals surface area contributed by atoms with Crippen molar-refractivity contribution in [1.82, 2.24) is 20.7 Å². The summed E-state index contributed by atoms with van der Waals surface area (Å²) in [4.78, 5) is 14.6. The van der Waals surface area contributed by atoms with Gasteiger partial charge in [-0.3, -0.25) is 4.90 Å². The third-order valence-electron chi connectivity index (χ3n) is 4.52. The Bertz CT molecular complexity index is 512. The molecule has 1 aliphatic rings. The van der Waals surface area contributed by atoms with Crippen LogP contribution in [0.4, 0.5) is 4.79 Å². The number of ether oxygens (including phenoxy) is 1. The van der Waals surface area contributed by atoms with Gasteiger partial charge in [0.1, 0.15) is 5.76 Å². The zero-order valence-electron chi connectivity index (χ0n) is 15.2. The fourth-order valence-corrected chi connectivity index (χ4v) is 3.20. The number of rotatable bonds is 7. The minimum Gasteiger partial charge on any atom is -0.383 e. The topological polar surface area (TPSA) is 79.6 Å². The molecule has 1 aromatic rings. The monoisotopic (exact) mass is 338 g/mol. The van der Waals surface area contributed by atoms with Crippen molar-refractivity contribution in [2.75, 3.05) is 33.4 Å². The molecule has 7 nitrogen and oxygen atoms in total. The Labute approximate surface area is 144 Å². The molecule has 1 aromatic heterocycles. The van der Waals surface area contributed by atoms with Crippen molar-refractivity contribution in [2.45, 2.75) is 52.1 Å². The SMILES string of the molecule is COCCN1CCC[C@@H](NC(=O)N[C@H](C)Cc2c(C)noc2C)C1. The van der Waals surface area contributed by atoms with E-state index in [4.69, 9.17) is 9.26 Å². The van der Waals surface area contributed by atoms with Gasteiger partial charge in [-0.25, -0.2) is 4.79 Å². The standard InChI is InChI=1S/C17H30N4O3/c1-12(10-16-13(2)20-24-14(16)3)18-17(22)19-15-6-5-7-21(11-15)8-9-23-4/h12,15H,5-11H2,1-4H3,(H2,18,19,22)/t12-,15-/m1/s1. The van der Waals surface area contributed by atoms with Gasteiger partial charge < -0.3 is 19.9 Å². The second kappa shape index (κ2) is 9.03. The van der Waals surface area contributed by atoms with Crippen LogP contribution in [-0.2, 0) is 11.2 Å². The number of carbonyl (C=O) groups is 1. The summed E-state index contributed by atoms with van der Waals surface area (Å²) in [5.41, 5.74) is 1.97. The second-order valence-corrected chi connectivity index (χ2v) is 6.66. The molecule has 24 heavy (non-hydrogen) atoms. The van der Waals surface area contributed by atoms with Crippen LogP contribution in [0.15, 0.2) is 4.52 Å². The number of aryl methyl sites for hydroxylation is 2. The third kappa shape index (κ3) is 5.49. The fraction of sp³-hybridized carbons (Fsp3) is 0.765. The van der Waals surface area contributed by atoms with E-state index in [-0.39, 0.29) is 18.1 Å². The molecule has 2 amide bonds. The number of carbonyl (C=O) groups excluding carboxylic acids is 1. The van der Waals surface area contributed by atoms with Crippen LogP contribution >= 0.6 is 0 Å². The number of amides is 2. The molecule has 0 aromatic carbocycles. The molecule has 2 N–H and O–H groups in total. The number of piperidine rings is 1. The highest BCUT2D eigenvalue weighted by atomic mass is 16.5. The average Bonchev–Trinajstić information content (AvgIpc) is 2.85. The van der Waals surface area contributed by atoms with Crippen LogP contribution in [0.2, 0.25) is 0 Å². The lowest BCUT2D eigenvalue weighted by atomic mass is 10.1. The van der Waals surface area contributed by atoms with Crippen LogP contribution in [0, 0.1) is 13.8 Å². The number of urea groups is 1. The zero-order chi connectivity index (χ0) is 17.5. The second-order valence-electron chi connectivity index (χ2n) is 6.66. The van der Waals surface area contributed by atoms with Crippen LogP contribution in [0.3, 0.4) is 0 Å². The van der Waals surface area contributed by atoms with E-state index < -0.39 is 0 Å². The Balaban J connectivity index is 1.76. The minimum absolute atomic E-state index is 0.0231. The van der Waals surface area contributed by atoms with Crippen molar-refractivity contribution in [3.63, 3.8) is 0 Å². The molecule has 0 aliphatic carbocycles. The zero-order valence-corrected chi connectivity index (χ0v) is 15.2. The van der Waals surface area contributed by atoms with E-state index in [1.807, 2.05) is 20.8 Å². The van der Waals surface area contributed by atoms with Gasteiger partial charge in [0.15, 0.2) is 0 Å². The Morgan fingerprint density at radius 2 is 2.29 bits per heavy atom. The van der Waals surface area contributed by atoms with Crippen molar-refractivity contribution in [3.05, 3.63) is 17.0 Å². The van der Waals surface area contributed by atoms with Gasteiger partial charge in [-0.1, -0.05) is 5.16 Å². The van der Waals surface area contributed by atoms with Crippen LogP contribution in [0.1, 0.15) is 36.8 Å². The maximum atomic E-state index is 12.2. The van der Waals surface area contributed by atoms with Crippen molar-refractivity contribution >= 4 is 6.03 Å². The number of hydrogen-bond acceptors (Lipinski definition) is 5. The molecular weight excluding hydrogens is 308 g/mol. The van der Waals surface area contributed by atoms with Crippen LogP contribution in [0.5, 0.6) is 0 Å². The molecule has 0 bridgehead atoms. The molecule has 1 aliphatic heterocycles. The molecule has 1 fully saturated rings. The first kappa shape index (κ1) is 18.7. The molecule has 0 radical (unpaired) electrons. The first-order valence-corrected chi connectivity index (χ1v) is 8.69. The van der Waals surface area contributed by atoms with Gasteiger partial charge in [-0.15, -0.1) is 0 Å². The molecule has 1 saturated heterocycles. The Hall–Kier alpha value is -1.60. The van der Waals surface area contributed by atoms with Crippen LogP contribution in [0.25, 0.3) is 0 Å². The smallest absolute Gasteiger partial charge is 0.315 e. The molecule has 0 saturated carbocycles. The van der Waals surface area contributed by atoms with E-state index in [0.717, 1.165) is 62.5 Å². The van der Waals surface area contributed by atoms with Crippen LogP contribution in [-0.4, -0.2) is 61.5 Å². The van der Waals surface area contributed by atoms with Gasteiger partial charge in [-0.05, 0) is 46.6 Å². The number of aromatic nitrogens is 1. The molecule has 7 heteroatoms. The Kier molecular flexibility index (Phi) is 7.05. The number of methoxy groups -OCH3 is 1. The largest absolute Gasteiger partial charge is 0.383 e. The van der Waals surface area contributed by atoms with Gasteiger partial charge in [0.05, 0.1) is 12.3 Å². The van der Waals surface area contributed by atoms with Gasteiger partial charge in [0.2, 0.25) is 0 Å². The summed E-state index contributed by atoms with van der Waals surface area (Å²) in [7, 11) is 1.72. The molecule has 0 unspecified atom stereocenters. The number of nitrogens with zero attached hydrogens (tertiary/aromatic N) is 2. The van der Waals surface area contributed by atoms with Gasteiger partial charge in [-0.2, -0.15) is 0 Å². The highest BCUT2D eigenvalue weighted by molar-refractivity contribution is 5.74. The number of hydrogen-bond donors (Lipinski definition) is 2. The summed E-state index contributed by atoms with van der Waals surface area (Å²) in [6.45, 7) is 9.43. The van der Waals surface area contributed by atoms with Gasteiger partial charge in [0, 0.05) is 37.8 Å². The van der Waals surface area contributed by atoms with Crippen LogP contribution < -0.4 is 10.6 Å². The van der Waals surface area contributed by atoms with E-state index in [9.17, 15) is 4.79 Å². The lowest BCUT2D eigenvalue weighted by molar-refractivity contribution is 0.123. The quantitative estimate of drug-likeness (QED) is 0.790. The average molecular weight is 338 g/mol. The third-order valence-corrected chi connectivity index (χ3v) is 4.52. The summed E-state index contributed by atoms with van der Waals surface area (Å²) in [5, 5.41) is 10.1. The molecule has 2 heterocycles. The summed E-state index contributed by atoms with van der Waals surface area (Å²) in [6.07, 6.45) is 2.84. The van der Waals surface area contributed by atoms with Crippen molar-refractivity contribution in [3.8, 4) is 0 Å². The summed E-state index contributed by atoms with van der Waals surface area (Å²) >= 11 is 0. The first-order chi connectivity index (χ1) is 11.5. The first-order valence-electron chi connectivity index (χ1n) is 8.69. The fourth-order valence-electron chi connectivity index (χ4n) is 3.20. The summed E-state index contributed by atoms with van der Waals surface area (Å²) < 4.78 is 10.3. The lowest BCUT2D eigenvalue weighted by Gasteiger charge is -2.33. The Morgan fingerprint density at radius 1 is 1.50 bits per heavy atom. The van der Waals surface area contributed by atoms with Crippen molar-refractivity contribution < 1.29 is 14.1 Å². The molecule has 0 spiro atoms.